The van der Waals surface area contributed by atoms with E-state index >= 15 is 0 Å². The summed E-state index contributed by atoms with van der Waals surface area (Å²) in [6, 6.07) is 13.5. The zero-order chi connectivity index (χ0) is 18.7. The van der Waals surface area contributed by atoms with Gasteiger partial charge in [0.2, 0.25) is 5.91 Å². The van der Waals surface area contributed by atoms with E-state index in [-0.39, 0.29) is 24.4 Å². The highest BCUT2D eigenvalue weighted by Crippen LogP contribution is 2.37. The highest BCUT2D eigenvalue weighted by Gasteiger charge is 2.36. The van der Waals surface area contributed by atoms with Crippen LogP contribution in [0.5, 0.6) is 11.5 Å². The molecule has 4 nitrogen and oxygen atoms in total. The van der Waals surface area contributed by atoms with Crippen molar-refractivity contribution in [2.45, 2.75) is 38.3 Å². The molecule has 0 radical (unpaired) electrons. The zero-order valence-electron chi connectivity index (χ0n) is 15.4. The lowest BCUT2D eigenvalue weighted by molar-refractivity contribution is -0.133. The number of halogens is 1. The molecule has 0 N–H and O–H groups in total. The highest BCUT2D eigenvalue weighted by atomic mass is 35.5. The smallest absolute Gasteiger partial charge is 0.227 e. The number of hydrogen-bond donors (Lipinski definition) is 0. The van der Waals surface area contributed by atoms with Gasteiger partial charge in [0.15, 0.2) is 0 Å². The van der Waals surface area contributed by atoms with E-state index in [0.717, 1.165) is 24.0 Å². The summed E-state index contributed by atoms with van der Waals surface area (Å²) in [7, 11) is 3.23. The van der Waals surface area contributed by atoms with Crippen LogP contribution in [0.3, 0.4) is 0 Å². The van der Waals surface area contributed by atoms with Gasteiger partial charge in [-0.25, -0.2) is 0 Å². The second-order valence-corrected chi connectivity index (χ2v) is 6.99. The highest BCUT2D eigenvalue weighted by molar-refractivity contribution is 6.31. The van der Waals surface area contributed by atoms with E-state index in [9.17, 15) is 4.79 Å². The number of carbonyl (C=O) groups is 1. The molecule has 1 fully saturated rings. The molecule has 0 aromatic heterocycles. The molecule has 5 heteroatoms. The molecule has 26 heavy (non-hydrogen) atoms. The summed E-state index contributed by atoms with van der Waals surface area (Å²) >= 11 is 6.37. The number of benzene rings is 2. The minimum atomic E-state index is -0.0692. The van der Waals surface area contributed by atoms with Gasteiger partial charge in [0, 0.05) is 16.6 Å². The predicted molar refractivity (Wildman–Crippen MR) is 103 cm³/mol. The van der Waals surface area contributed by atoms with Gasteiger partial charge in [-0.15, -0.1) is 0 Å². The Kier molecular flexibility index (Phi) is 5.72. The molecule has 1 atom stereocenters. The summed E-state index contributed by atoms with van der Waals surface area (Å²) < 4.78 is 10.7. The molecular weight excluding hydrogens is 350 g/mol. The van der Waals surface area contributed by atoms with Crippen LogP contribution in [-0.2, 0) is 11.2 Å². The molecule has 0 heterocycles. The molecular formula is C21H24ClNO3. The number of amides is 1. The third-order valence-electron chi connectivity index (χ3n) is 4.83. The number of carbonyl (C=O) groups excluding carboxylic acids is 1. The minimum Gasteiger partial charge on any atom is -0.497 e. The van der Waals surface area contributed by atoms with Gasteiger partial charge in [-0.2, -0.15) is 0 Å². The van der Waals surface area contributed by atoms with Crippen LogP contribution in [0.15, 0.2) is 42.5 Å². The van der Waals surface area contributed by atoms with E-state index in [1.54, 1.807) is 14.2 Å². The quantitative estimate of drug-likeness (QED) is 0.709. The fourth-order valence-corrected chi connectivity index (χ4v) is 3.62. The second-order valence-electron chi connectivity index (χ2n) is 6.58. The van der Waals surface area contributed by atoms with Crippen LogP contribution in [0.1, 0.15) is 36.9 Å². The second kappa shape index (κ2) is 8.00. The molecule has 138 valence electrons. The van der Waals surface area contributed by atoms with Crippen LogP contribution >= 0.6 is 11.6 Å². The van der Waals surface area contributed by atoms with Gasteiger partial charge < -0.3 is 14.4 Å². The molecule has 1 unspecified atom stereocenters. The van der Waals surface area contributed by atoms with E-state index in [1.807, 2.05) is 54.3 Å². The Labute approximate surface area is 159 Å². The maximum Gasteiger partial charge on any atom is 0.227 e. The van der Waals surface area contributed by atoms with E-state index in [1.165, 1.54) is 0 Å². The third kappa shape index (κ3) is 3.96. The zero-order valence-corrected chi connectivity index (χ0v) is 16.1. The van der Waals surface area contributed by atoms with E-state index in [0.29, 0.717) is 16.5 Å². The Morgan fingerprint density at radius 3 is 2.54 bits per heavy atom. The number of methoxy groups -OCH3 is 2. The molecule has 2 aromatic rings. The average molecular weight is 374 g/mol. The molecule has 0 saturated heterocycles. The Hall–Kier alpha value is -2.20. The number of nitrogens with zero attached hydrogens (tertiary/aromatic N) is 1. The topological polar surface area (TPSA) is 38.8 Å². The van der Waals surface area contributed by atoms with E-state index < -0.39 is 0 Å². The Morgan fingerprint density at radius 2 is 1.92 bits per heavy atom. The van der Waals surface area contributed by atoms with Gasteiger partial charge >= 0.3 is 0 Å². The van der Waals surface area contributed by atoms with Crippen LogP contribution < -0.4 is 9.47 Å². The molecule has 3 rings (SSSR count). The first-order valence-corrected chi connectivity index (χ1v) is 9.19. The third-order valence-corrected chi connectivity index (χ3v) is 5.17. The van der Waals surface area contributed by atoms with Gasteiger partial charge in [-0.05, 0) is 49.6 Å². The Balaban J connectivity index is 1.85. The Morgan fingerprint density at radius 1 is 1.19 bits per heavy atom. The van der Waals surface area contributed by atoms with E-state index in [4.69, 9.17) is 21.1 Å². The first-order valence-electron chi connectivity index (χ1n) is 8.81. The van der Waals surface area contributed by atoms with Crippen molar-refractivity contribution in [3.63, 3.8) is 0 Å². The summed E-state index contributed by atoms with van der Waals surface area (Å²) in [5, 5.41) is 0.692. The van der Waals surface area contributed by atoms with Crippen LogP contribution in [0.2, 0.25) is 5.02 Å². The molecule has 0 spiro atoms. The van der Waals surface area contributed by atoms with Gasteiger partial charge in [0.25, 0.3) is 0 Å². The van der Waals surface area contributed by atoms with Crippen molar-refractivity contribution >= 4 is 17.5 Å². The van der Waals surface area contributed by atoms with Crippen LogP contribution in [-0.4, -0.2) is 31.1 Å². The van der Waals surface area contributed by atoms with Crippen molar-refractivity contribution in [2.75, 3.05) is 14.2 Å². The van der Waals surface area contributed by atoms with Gasteiger partial charge in [0.1, 0.15) is 11.5 Å². The minimum absolute atomic E-state index is 0.0692. The first kappa shape index (κ1) is 18.6. The molecule has 2 aromatic carbocycles. The summed E-state index contributed by atoms with van der Waals surface area (Å²) in [6.07, 6.45) is 2.34. The van der Waals surface area contributed by atoms with Crippen LogP contribution in [0.4, 0.5) is 0 Å². The molecule has 0 aliphatic heterocycles. The standard InChI is InChI=1S/C21H24ClNO3/c1-14(18-6-4-5-7-19(18)22)23(16-8-9-16)21(24)13-15-12-17(25-2)10-11-20(15)26-3/h4-7,10-12,14,16H,8-9,13H2,1-3H3. The van der Waals surface area contributed by atoms with Crippen molar-refractivity contribution in [1.82, 2.24) is 4.90 Å². The maximum atomic E-state index is 13.2. The summed E-state index contributed by atoms with van der Waals surface area (Å²) in [5.74, 6) is 1.48. The van der Waals surface area contributed by atoms with Gasteiger partial charge in [-0.1, -0.05) is 29.8 Å². The van der Waals surface area contributed by atoms with E-state index in [2.05, 4.69) is 0 Å². The van der Waals surface area contributed by atoms with Gasteiger partial charge in [0.05, 0.1) is 26.7 Å². The largest absolute Gasteiger partial charge is 0.497 e. The monoisotopic (exact) mass is 373 g/mol. The summed E-state index contributed by atoms with van der Waals surface area (Å²) in [5.41, 5.74) is 1.81. The number of rotatable bonds is 7. The average Bonchev–Trinajstić information content (AvgIpc) is 3.47. The number of ether oxygens (including phenoxy) is 2. The molecule has 1 saturated carbocycles. The van der Waals surface area contributed by atoms with Crippen molar-refractivity contribution in [2.24, 2.45) is 0 Å². The van der Waals surface area contributed by atoms with Crippen LogP contribution in [0.25, 0.3) is 0 Å². The SMILES string of the molecule is COc1ccc(OC)c(CC(=O)N(C2CC2)C(C)c2ccccc2Cl)c1. The molecule has 0 bridgehead atoms. The van der Waals surface area contributed by atoms with Gasteiger partial charge in [-0.3, -0.25) is 4.79 Å². The fourth-order valence-electron chi connectivity index (χ4n) is 3.33. The van der Waals surface area contributed by atoms with Crippen molar-refractivity contribution in [1.29, 1.82) is 0 Å². The first-order chi connectivity index (χ1) is 12.5. The van der Waals surface area contributed by atoms with Crippen molar-refractivity contribution in [3.05, 3.63) is 58.6 Å². The van der Waals surface area contributed by atoms with Crippen LogP contribution in [0, 0.1) is 0 Å². The molecule has 1 aliphatic carbocycles. The number of hydrogen-bond acceptors (Lipinski definition) is 3. The summed E-state index contributed by atoms with van der Waals surface area (Å²) in [4.78, 5) is 15.1. The lowest BCUT2D eigenvalue weighted by Gasteiger charge is -2.30. The lowest BCUT2D eigenvalue weighted by atomic mass is 10.0. The lowest BCUT2D eigenvalue weighted by Crippen LogP contribution is -2.36. The Bertz CT molecular complexity index is 789. The molecule has 1 amide bonds. The summed E-state index contributed by atoms with van der Waals surface area (Å²) in [6.45, 7) is 2.04. The molecule has 1 aliphatic rings. The normalized spacial score (nSPS) is 14.6. The maximum absolute atomic E-state index is 13.2. The van der Waals surface area contributed by atoms with Crippen molar-refractivity contribution in [3.8, 4) is 11.5 Å². The fraction of sp³-hybridized carbons (Fsp3) is 0.381. The predicted octanol–water partition coefficient (Wildman–Crippen LogP) is 4.65. The van der Waals surface area contributed by atoms with Crippen molar-refractivity contribution < 1.29 is 14.3 Å².